The molecule has 0 aliphatic heterocycles. The monoisotopic (exact) mass is 464 g/mol. The highest BCUT2D eigenvalue weighted by Gasteiger charge is 2.39. The third-order valence-electron chi connectivity index (χ3n) is 3.15. The fraction of sp³-hybridized carbons (Fsp3) is 0.133. The van der Waals surface area contributed by atoms with Gasteiger partial charge in [0, 0.05) is 4.47 Å². The van der Waals surface area contributed by atoms with E-state index in [1.807, 2.05) is 0 Å². The summed E-state index contributed by atoms with van der Waals surface area (Å²) in [6.45, 7) is 0. The predicted octanol–water partition coefficient (Wildman–Crippen LogP) is 6.26. The second-order valence-corrected chi connectivity index (χ2v) is 5.88. The molecule has 1 N–H and O–H groups in total. The third kappa shape index (κ3) is 4.31. The van der Waals surface area contributed by atoms with Gasteiger partial charge < -0.3 is 9.84 Å². The molecule has 0 amide bonds. The molecule has 3 nitrogen and oxygen atoms in total. The van der Waals surface area contributed by atoms with Crippen LogP contribution in [0.5, 0.6) is 11.5 Å². The van der Waals surface area contributed by atoms with Crippen LogP contribution in [0.25, 0.3) is 0 Å². The topological polar surface area (TPSA) is 46.5 Å². The van der Waals surface area contributed by atoms with Crippen molar-refractivity contribution < 1.29 is 49.8 Å². The zero-order valence-corrected chi connectivity index (χ0v) is 14.1. The predicted molar refractivity (Wildman–Crippen MR) is 77.5 cm³/mol. The molecule has 0 saturated carbocycles. The van der Waals surface area contributed by atoms with Crippen molar-refractivity contribution in [2.45, 2.75) is 12.4 Å². The van der Waals surface area contributed by atoms with Crippen LogP contribution in [0.2, 0.25) is 0 Å². The summed E-state index contributed by atoms with van der Waals surface area (Å²) in [5.41, 5.74) is -5.36. The Morgan fingerprint density at radius 1 is 0.963 bits per heavy atom. The smallest absolute Gasteiger partial charge is 0.420 e. The molecule has 0 radical (unpaired) electrons. The van der Waals surface area contributed by atoms with Crippen molar-refractivity contribution >= 4 is 21.9 Å². The molecule has 0 bridgehead atoms. The highest BCUT2D eigenvalue weighted by atomic mass is 79.9. The maximum Gasteiger partial charge on any atom is 0.420 e. The lowest BCUT2D eigenvalue weighted by molar-refractivity contribution is -0.140. The summed E-state index contributed by atoms with van der Waals surface area (Å²) in [6.07, 6.45) is -10.4. The molecule has 0 aliphatic carbocycles. The summed E-state index contributed by atoms with van der Waals surface area (Å²) in [6, 6.07) is 1.31. The van der Waals surface area contributed by atoms with Crippen LogP contribution in [0.15, 0.2) is 28.7 Å². The largest absolute Gasteiger partial charge is 0.477 e. The first kappa shape index (κ1) is 20.9. The van der Waals surface area contributed by atoms with Crippen molar-refractivity contribution in [1.82, 2.24) is 0 Å². The van der Waals surface area contributed by atoms with Crippen molar-refractivity contribution in [1.29, 1.82) is 0 Å². The molecule has 27 heavy (non-hydrogen) atoms. The minimum absolute atomic E-state index is 0.0706. The Morgan fingerprint density at radius 3 is 2.00 bits per heavy atom. The summed E-state index contributed by atoms with van der Waals surface area (Å²) < 4.78 is 109. The van der Waals surface area contributed by atoms with Gasteiger partial charge in [-0.3, -0.25) is 0 Å². The second-order valence-electron chi connectivity index (χ2n) is 4.97. The fourth-order valence-corrected chi connectivity index (χ4v) is 2.48. The number of carboxylic acids is 1. The summed E-state index contributed by atoms with van der Waals surface area (Å²) in [7, 11) is 0. The number of halogens is 9. The van der Waals surface area contributed by atoms with E-state index in [0.717, 1.165) is 0 Å². The quantitative estimate of drug-likeness (QED) is 0.545. The zero-order chi connectivity index (χ0) is 20.7. The van der Waals surface area contributed by atoms with Crippen LogP contribution in [-0.2, 0) is 12.4 Å². The molecule has 146 valence electrons. The molecule has 2 aromatic rings. The number of ether oxygens (including phenoxy) is 1. The highest BCUT2D eigenvalue weighted by molar-refractivity contribution is 9.10. The van der Waals surface area contributed by atoms with Gasteiger partial charge >= 0.3 is 18.3 Å². The van der Waals surface area contributed by atoms with Gasteiger partial charge in [0.1, 0.15) is 16.9 Å². The van der Waals surface area contributed by atoms with Gasteiger partial charge in [0.05, 0.1) is 5.56 Å². The van der Waals surface area contributed by atoms with Crippen LogP contribution in [0.4, 0.5) is 35.1 Å². The van der Waals surface area contributed by atoms with E-state index < -0.39 is 58.1 Å². The molecule has 0 fully saturated rings. The fourth-order valence-electron chi connectivity index (χ4n) is 2.05. The average molecular weight is 465 g/mol. The van der Waals surface area contributed by atoms with E-state index in [9.17, 15) is 39.9 Å². The molecule has 12 heteroatoms. The summed E-state index contributed by atoms with van der Waals surface area (Å²) in [5.74, 6) is -8.89. The first-order chi connectivity index (χ1) is 12.2. The van der Waals surface area contributed by atoms with Crippen molar-refractivity contribution in [2.75, 3.05) is 0 Å². The Morgan fingerprint density at radius 2 is 1.52 bits per heavy atom. The maximum atomic E-state index is 14.0. The van der Waals surface area contributed by atoms with E-state index in [-0.39, 0.29) is 16.6 Å². The molecule has 0 unspecified atom stereocenters. The average Bonchev–Trinajstić information content (AvgIpc) is 2.46. The molecule has 2 rings (SSSR count). The van der Waals surface area contributed by atoms with Gasteiger partial charge in [-0.15, -0.1) is 0 Å². The minimum Gasteiger partial charge on any atom is -0.477 e. The number of hydrogen-bond acceptors (Lipinski definition) is 2. The molecule has 0 aromatic heterocycles. The Balaban J connectivity index is 2.70. The highest BCUT2D eigenvalue weighted by Crippen LogP contribution is 2.43. The lowest BCUT2D eigenvalue weighted by Gasteiger charge is -2.17. The summed E-state index contributed by atoms with van der Waals surface area (Å²) in [5, 5.41) is 8.95. The van der Waals surface area contributed by atoms with Gasteiger partial charge in [0.15, 0.2) is 17.4 Å². The second kappa shape index (κ2) is 6.98. The standard InChI is InChI=1S/C15H5BrF8O3/c16-5-3-7(15(22,23)24)12(8(17)4-5)27-9-2-1-6(14(19,20)21)11(18)10(9)13(25)26/h1-4H,(H,25,26). The first-order valence-corrected chi connectivity index (χ1v) is 7.40. The van der Waals surface area contributed by atoms with Gasteiger partial charge in [-0.25, -0.2) is 13.6 Å². The SMILES string of the molecule is O=C(O)c1c(Oc2c(F)cc(Br)cc2C(F)(F)F)ccc(C(F)(F)F)c1F. The van der Waals surface area contributed by atoms with Crippen molar-refractivity contribution in [3.05, 3.63) is 57.1 Å². The van der Waals surface area contributed by atoms with Crippen molar-refractivity contribution in [2.24, 2.45) is 0 Å². The number of carboxylic acid groups (broad SMARTS) is 1. The normalized spacial score (nSPS) is 12.2. The molecular formula is C15H5BrF8O3. The maximum absolute atomic E-state index is 14.0. The van der Waals surface area contributed by atoms with Gasteiger partial charge in [0.2, 0.25) is 0 Å². The molecule has 0 spiro atoms. The van der Waals surface area contributed by atoms with Crippen molar-refractivity contribution in [3.63, 3.8) is 0 Å². The molecule has 0 aliphatic rings. The van der Waals surface area contributed by atoms with Crippen LogP contribution in [0, 0.1) is 11.6 Å². The van der Waals surface area contributed by atoms with Crippen LogP contribution < -0.4 is 4.74 Å². The number of benzene rings is 2. The Hall–Kier alpha value is -2.37. The number of alkyl halides is 6. The Labute approximate surface area is 153 Å². The van der Waals surface area contributed by atoms with E-state index >= 15 is 0 Å². The molecule has 2 aromatic carbocycles. The van der Waals surface area contributed by atoms with Crippen molar-refractivity contribution in [3.8, 4) is 11.5 Å². The molecule has 0 atom stereocenters. The summed E-state index contributed by atoms with van der Waals surface area (Å²) >= 11 is 2.63. The van der Waals surface area contributed by atoms with E-state index in [2.05, 4.69) is 20.7 Å². The third-order valence-corrected chi connectivity index (χ3v) is 3.61. The molecular weight excluding hydrogens is 460 g/mol. The van der Waals surface area contributed by atoms with Crippen LogP contribution in [0.1, 0.15) is 21.5 Å². The van der Waals surface area contributed by atoms with E-state index in [0.29, 0.717) is 12.1 Å². The van der Waals surface area contributed by atoms with Crippen LogP contribution in [0.3, 0.4) is 0 Å². The van der Waals surface area contributed by atoms with Crippen LogP contribution in [-0.4, -0.2) is 11.1 Å². The van der Waals surface area contributed by atoms with Gasteiger partial charge in [-0.1, -0.05) is 15.9 Å². The number of carbonyl (C=O) groups is 1. The van der Waals surface area contributed by atoms with Crippen LogP contribution >= 0.6 is 15.9 Å². The minimum atomic E-state index is -5.27. The Kier molecular flexibility index (Phi) is 5.41. The number of rotatable bonds is 3. The Bertz CT molecular complexity index is 905. The van der Waals surface area contributed by atoms with Gasteiger partial charge in [0.25, 0.3) is 0 Å². The van der Waals surface area contributed by atoms with Gasteiger partial charge in [-0.05, 0) is 24.3 Å². The van der Waals surface area contributed by atoms with E-state index in [1.165, 1.54) is 0 Å². The summed E-state index contributed by atoms with van der Waals surface area (Å²) in [4.78, 5) is 11.1. The molecule has 0 heterocycles. The molecule has 0 saturated heterocycles. The lowest BCUT2D eigenvalue weighted by Crippen LogP contribution is -2.14. The lowest BCUT2D eigenvalue weighted by atomic mass is 10.1. The first-order valence-electron chi connectivity index (χ1n) is 6.60. The number of hydrogen-bond donors (Lipinski definition) is 1. The number of aromatic carboxylic acids is 1. The zero-order valence-electron chi connectivity index (χ0n) is 12.5. The van der Waals surface area contributed by atoms with Gasteiger partial charge in [-0.2, -0.15) is 26.3 Å². The van der Waals surface area contributed by atoms with E-state index in [1.54, 1.807) is 0 Å². The van der Waals surface area contributed by atoms with E-state index in [4.69, 9.17) is 5.11 Å².